The Balaban J connectivity index is 1.64. The van der Waals surface area contributed by atoms with Crippen molar-refractivity contribution in [1.82, 2.24) is 4.31 Å². The summed E-state index contributed by atoms with van der Waals surface area (Å²) in [5, 5.41) is 0. The second kappa shape index (κ2) is 6.63. The number of rotatable bonds is 2. The number of halogens is 1. The van der Waals surface area contributed by atoms with Crippen molar-refractivity contribution in [2.24, 2.45) is 0 Å². The van der Waals surface area contributed by atoms with Crippen LogP contribution in [0.2, 0.25) is 0 Å². The van der Waals surface area contributed by atoms with Gasteiger partial charge in [-0.3, -0.25) is 0 Å². The maximum atomic E-state index is 12.9. The smallest absolute Gasteiger partial charge is 0.243 e. The van der Waals surface area contributed by atoms with E-state index in [4.69, 9.17) is 9.47 Å². The van der Waals surface area contributed by atoms with Gasteiger partial charge in [0.15, 0.2) is 11.5 Å². The third kappa shape index (κ3) is 3.28. The van der Waals surface area contributed by atoms with Crippen LogP contribution in [0.5, 0.6) is 11.5 Å². The Bertz CT molecular complexity index is 896. The molecule has 0 spiro atoms. The molecule has 4 rings (SSSR count). The van der Waals surface area contributed by atoms with E-state index in [1.807, 2.05) is 12.1 Å². The Hall–Kier alpha value is -1.57. The quantitative estimate of drug-likeness (QED) is 0.742. The Kier molecular flexibility index (Phi) is 4.47. The van der Waals surface area contributed by atoms with Crippen molar-refractivity contribution in [3.8, 4) is 11.5 Å². The molecule has 2 heterocycles. The van der Waals surface area contributed by atoms with Crippen molar-refractivity contribution >= 4 is 26.0 Å². The van der Waals surface area contributed by atoms with Gasteiger partial charge in [0.05, 0.1) is 18.1 Å². The van der Waals surface area contributed by atoms with Crippen LogP contribution >= 0.6 is 15.9 Å². The summed E-state index contributed by atoms with van der Waals surface area (Å²) in [5.41, 5.74) is 2.11. The standard InChI is InChI=1S/C18H18BrNO4S/c19-15-2-4-16(5-3-15)25(21,22)20-7-6-13-10-17-18(11-14(13)12-20)24-9-1-8-23-17/h2-5,10-11H,1,6-9,12H2. The normalized spacial score (nSPS) is 17.6. The van der Waals surface area contributed by atoms with Crippen molar-refractivity contribution < 1.29 is 17.9 Å². The molecule has 0 bridgehead atoms. The number of ether oxygens (including phenoxy) is 2. The summed E-state index contributed by atoms with van der Waals surface area (Å²) in [4.78, 5) is 0.313. The van der Waals surface area contributed by atoms with Gasteiger partial charge < -0.3 is 9.47 Å². The van der Waals surface area contributed by atoms with Crippen LogP contribution < -0.4 is 9.47 Å². The largest absolute Gasteiger partial charge is 0.490 e. The fourth-order valence-corrected chi connectivity index (χ4v) is 4.83. The number of nitrogens with zero attached hydrogens (tertiary/aromatic N) is 1. The van der Waals surface area contributed by atoms with Crippen molar-refractivity contribution in [3.63, 3.8) is 0 Å². The lowest BCUT2D eigenvalue weighted by Gasteiger charge is -2.29. The molecule has 0 radical (unpaired) electrons. The van der Waals surface area contributed by atoms with Crippen LogP contribution in [0.3, 0.4) is 0 Å². The van der Waals surface area contributed by atoms with E-state index in [0.29, 0.717) is 43.4 Å². The van der Waals surface area contributed by atoms with Gasteiger partial charge in [-0.25, -0.2) is 8.42 Å². The van der Waals surface area contributed by atoms with Crippen LogP contribution in [0.25, 0.3) is 0 Å². The minimum absolute atomic E-state index is 0.313. The van der Waals surface area contributed by atoms with E-state index in [0.717, 1.165) is 27.8 Å². The predicted octanol–water partition coefficient (Wildman–Crippen LogP) is 3.36. The Morgan fingerprint density at radius 1 is 0.960 bits per heavy atom. The molecule has 2 aromatic rings. The van der Waals surface area contributed by atoms with Crippen molar-refractivity contribution in [3.05, 3.63) is 52.0 Å². The van der Waals surface area contributed by atoms with Gasteiger partial charge in [-0.15, -0.1) is 0 Å². The molecule has 25 heavy (non-hydrogen) atoms. The molecule has 2 aliphatic rings. The van der Waals surface area contributed by atoms with Gasteiger partial charge in [-0.2, -0.15) is 4.31 Å². The van der Waals surface area contributed by atoms with E-state index in [1.165, 1.54) is 4.31 Å². The summed E-state index contributed by atoms with van der Waals surface area (Å²) in [6.45, 7) is 2.08. The number of sulfonamides is 1. The van der Waals surface area contributed by atoms with E-state index >= 15 is 0 Å². The molecule has 0 aliphatic carbocycles. The van der Waals surface area contributed by atoms with Crippen LogP contribution in [0.4, 0.5) is 0 Å². The van der Waals surface area contributed by atoms with Gasteiger partial charge in [-0.1, -0.05) is 15.9 Å². The van der Waals surface area contributed by atoms with Crippen molar-refractivity contribution in [2.45, 2.75) is 24.3 Å². The van der Waals surface area contributed by atoms with E-state index in [9.17, 15) is 8.42 Å². The number of hydrogen-bond acceptors (Lipinski definition) is 4. The van der Waals surface area contributed by atoms with Crippen LogP contribution in [0.1, 0.15) is 17.5 Å². The molecular weight excluding hydrogens is 406 g/mol. The van der Waals surface area contributed by atoms with Crippen molar-refractivity contribution in [2.75, 3.05) is 19.8 Å². The molecule has 0 saturated carbocycles. The lowest BCUT2D eigenvalue weighted by molar-refractivity contribution is 0.297. The topological polar surface area (TPSA) is 55.8 Å². The highest BCUT2D eigenvalue weighted by molar-refractivity contribution is 9.10. The van der Waals surface area contributed by atoms with Gasteiger partial charge in [0, 0.05) is 24.0 Å². The Labute approximate surface area is 155 Å². The first-order valence-corrected chi connectivity index (χ1v) is 10.4. The number of hydrogen-bond donors (Lipinski definition) is 0. The molecule has 0 amide bonds. The summed E-state index contributed by atoms with van der Waals surface area (Å²) in [7, 11) is -3.51. The monoisotopic (exact) mass is 423 g/mol. The molecule has 0 atom stereocenters. The van der Waals surface area contributed by atoms with Crippen LogP contribution in [0, 0.1) is 0 Å². The highest BCUT2D eigenvalue weighted by Gasteiger charge is 2.29. The molecule has 0 N–H and O–H groups in total. The van der Waals surface area contributed by atoms with Gasteiger partial charge in [0.25, 0.3) is 0 Å². The minimum atomic E-state index is -3.51. The second-order valence-corrected chi connectivity index (χ2v) is 9.01. The SMILES string of the molecule is O=S(=O)(c1ccc(Br)cc1)N1CCc2cc3c(cc2C1)OCCCO3. The molecular formula is C18H18BrNO4S. The maximum Gasteiger partial charge on any atom is 0.243 e. The summed E-state index contributed by atoms with van der Waals surface area (Å²) in [6.07, 6.45) is 1.52. The van der Waals surface area contributed by atoms with E-state index in [-0.39, 0.29) is 0 Å². The molecule has 2 aliphatic heterocycles. The molecule has 0 aromatic heterocycles. The summed E-state index contributed by atoms with van der Waals surface area (Å²) in [5.74, 6) is 1.47. The molecule has 132 valence electrons. The van der Waals surface area contributed by atoms with E-state index in [2.05, 4.69) is 15.9 Å². The second-order valence-electron chi connectivity index (χ2n) is 6.16. The minimum Gasteiger partial charge on any atom is -0.490 e. The fraction of sp³-hybridized carbons (Fsp3) is 0.333. The summed E-state index contributed by atoms with van der Waals surface area (Å²) >= 11 is 3.34. The Morgan fingerprint density at radius 3 is 2.28 bits per heavy atom. The molecule has 0 saturated heterocycles. The van der Waals surface area contributed by atoms with E-state index < -0.39 is 10.0 Å². The highest BCUT2D eigenvalue weighted by atomic mass is 79.9. The predicted molar refractivity (Wildman–Crippen MR) is 97.5 cm³/mol. The lowest BCUT2D eigenvalue weighted by atomic mass is 10.0. The lowest BCUT2D eigenvalue weighted by Crippen LogP contribution is -2.36. The van der Waals surface area contributed by atoms with Gasteiger partial charge >= 0.3 is 0 Å². The maximum absolute atomic E-state index is 12.9. The first-order chi connectivity index (χ1) is 12.0. The van der Waals surface area contributed by atoms with Crippen molar-refractivity contribution in [1.29, 1.82) is 0 Å². The summed E-state index contributed by atoms with van der Waals surface area (Å²) < 4.78 is 39.7. The molecule has 0 fully saturated rings. The first kappa shape index (κ1) is 16.9. The third-order valence-corrected chi connectivity index (χ3v) is 6.89. The molecule has 2 aromatic carbocycles. The average Bonchev–Trinajstić information content (AvgIpc) is 2.84. The zero-order chi connectivity index (χ0) is 17.4. The van der Waals surface area contributed by atoms with Gasteiger partial charge in [0.1, 0.15) is 0 Å². The zero-order valence-electron chi connectivity index (χ0n) is 13.6. The van der Waals surface area contributed by atoms with Crippen LogP contribution in [-0.2, 0) is 23.0 Å². The molecule has 0 unspecified atom stereocenters. The fourth-order valence-electron chi connectivity index (χ4n) is 3.15. The van der Waals surface area contributed by atoms with E-state index in [1.54, 1.807) is 24.3 Å². The summed E-state index contributed by atoms with van der Waals surface area (Å²) in [6, 6.07) is 10.7. The first-order valence-electron chi connectivity index (χ1n) is 8.21. The molecule has 5 nitrogen and oxygen atoms in total. The highest BCUT2D eigenvalue weighted by Crippen LogP contribution is 2.36. The van der Waals surface area contributed by atoms with Crippen LogP contribution in [0.15, 0.2) is 45.8 Å². The van der Waals surface area contributed by atoms with Crippen LogP contribution in [-0.4, -0.2) is 32.5 Å². The number of fused-ring (bicyclic) bond motifs is 2. The zero-order valence-corrected chi connectivity index (χ0v) is 16.0. The third-order valence-electron chi connectivity index (χ3n) is 4.50. The molecule has 7 heteroatoms. The van der Waals surface area contributed by atoms with Gasteiger partial charge in [-0.05, 0) is 53.9 Å². The number of benzene rings is 2. The Morgan fingerprint density at radius 2 is 1.60 bits per heavy atom. The van der Waals surface area contributed by atoms with Gasteiger partial charge in [0.2, 0.25) is 10.0 Å². The average molecular weight is 424 g/mol.